The molecule has 5 aliphatic heterocycles. The van der Waals surface area contributed by atoms with Gasteiger partial charge in [0.25, 0.3) is 0 Å². The molecule has 0 saturated carbocycles. The standard InChI is InChI=1S/C16H13NO/c1-5-13-6-2-11(1)9-12-3-7-14(8-4-12)16-17-15(13)10-18-16/h1-8,15H,9-10H2. The van der Waals surface area contributed by atoms with E-state index in [1.807, 2.05) is 0 Å². The maximum absolute atomic E-state index is 5.71. The highest BCUT2D eigenvalue weighted by Gasteiger charge is 2.22. The van der Waals surface area contributed by atoms with Crippen molar-refractivity contribution in [1.82, 2.24) is 0 Å². The van der Waals surface area contributed by atoms with Gasteiger partial charge in [-0.15, -0.1) is 0 Å². The van der Waals surface area contributed by atoms with Crippen molar-refractivity contribution in [2.45, 2.75) is 12.5 Å². The van der Waals surface area contributed by atoms with E-state index in [0.29, 0.717) is 6.61 Å². The van der Waals surface area contributed by atoms with Crippen molar-refractivity contribution < 1.29 is 4.74 Å². The molecular formula is C16H13NO. The highest BCUT2D eigenvalue weighted by Crippen LogP contribution is 2.27. The molecule has 6 bridgehead atoms. The molecule has 1 unspecified atom stereocenters. The van der Waals surface area contributed by atoms with Crippen LogP contribution in [0, 0.1) is 0 Å². The van der Waals surface area contributed by atoms with Crippen LogP contribution in [0.5, 0.6) is 0 Å². The monoisotopic (exact) mass is 235 g/mol. The van der Waals surface area contributed by atoms with Crippen LogP contribution in [0.2, 0.25) is 0 Å². The Morgan fingerprint density at radius 2 is 1.56 bits per heavy atom. The second-order valence-electron chi connectivity index (χ2n) is 4.88. The van der Waals surface area contributed by atoms with Gasteiger partial charge < -0.3 is 4.74 Å². The van der Waals surface area contributed by atoms with Gasteiger partial charge in [-0.1, -0.05) is 36.4 Å². The lowest BCUT2D eigenvalue weighted by Crippen LogP contribution is -2.01. The van der Waals surface area contributed by atoms with Gasteiger partial charge in [0.05, 0.1) is 0 Å². The minimum absolute atomic E-state index is 0.146. The number of rotatable bonds is 0. The maximum Gasteiger partial charge on any atom is 0.216 e. The Balaban J connectivity index is 1.93. The summed E-state index contributed by atoms with van der Waals surface area (Å²) < 4.78 is 5.71. The van der Waals surface area contributed by atoms with Gasteiger partial charge in [0.2, 0.25) is 5.90 Å². The third-order valence-electron chi connectivity index (χ3n) is 3.62. The predicted molar refractivity (Wildman–Crippen MR) is 70.9 cm³/mol. The first-order valence-corrected chi connectivity index (χ1v) is 6.27. The third-order valence-corrected chi connectivity index (χ3v) is 3.62. The highest BCUT2D eigenvalue weighted by atomic mass is 16.5. The van der Waals surface area contributed by atoms with Gasteiger partial charge in [0.15, 0.2) is 0 Å². The fourth-order valence-corrected chi connectivity index (χ4v) is 2.56. The van der Waals surface area contributed by atoms with Crippen LogP contribution in [0.3, 0.4) is 0 Å². The maximum atomic E-state index is 5.71. The quantitative estimate of drug-likeness (QED) is 0.687. The second kappa shape index (κ2) is 3.70. The molecule has 2 heteroatoms. The van der Waals surface area contributed by atoms with Gasteiger partial charge in [-0.25, -0.2) is 4.99 Å². The summed E-state index contributed by atoms with van der Waals surface area (Å²) in [4.78, 5) is 4.67. The first kappa shape index (κ1) is 9.89. The van der Waals surface area contributed by atoms with E-state index in [1.54, 1.807) is 0 Å². The summed E-state index contributed by atoms with van der Waals surface area (Å²) >= 11 is 0. The van der Waals surface area contributed by atoms with Crippen LogP contribution < -0.4 is 0 Å². The van der Waals surface area contributed by atoms with Crippen molar-refractivity contribution in [2.75, 3.05) is 6.61 Å². The van der Waals surface area contributed by atoms with Crippen LogP contribution >= 0.6 is 0 Å². The predicted octanol–water partition coefficient (Wildman–Crippen LogP) is 3.11. The molecule has 0 saturated heterocycles. The SMILES string of the molecule is c1cc2ccc1Cc1ccc(cc1)C1COC2=N1. The van der Waals surface area contributed by atoms with E-state index in [4.69, 9.17) is 4.74 Å². The molecule has 0 aromatic heterocycles. The topological polar surface area (TPSA) is 21.6 Å². The molecule has 1 atom stereocenters. The molecular weight excluding hydrogens is 222 g/mol. The van der Waals surface area contributed by atoms with Crippen LogP contribution in [0.15, 0.2) is 53.5 Å². The molecule has 0 aliphatic carbocycles. The molecule has 5 aliphatic rings. The fourth-order valence-electron chi connectivity index (χ4n) is 2.56. The fraction of sp³-hybridized carbons (Fsp3) is 0.188. The normalized spacial score (nSPS) is 20.0. The lowest BCUT2D eigenvalue weighted by molar-refractivity contribution is 0.320. The van der Waals surface area contributed by atoms with Crippen molar-refractivity contribution in [3.8, 4) is 0 Å². The van der Waals surface area contributed by atoms with E-state index in [1.165, 1.54) is 16.7 Å². The van der Waals surface area contributed by atoms with Crippen molar-refractivity contribution >= 4 is 5.90 Å². The minimum atomic E-state index is 0.146. The van der Waals surface area contributed by atoms with Crippen molar-refractivity contribution in [1.29, 1.82) is 0 Å². The molecule has 2 aromatic rings. The molecule has 2 nitrogen and oxygen atoms in total. The van der Waals surface area contributed by atoms with E-state index in [-0.39, 0.29) is 6.04 Å². The number of benzene rings is 2. The highest BCUT2D eigenvalue weighted by molar-refractivity contribution is 5.95. The van der Waals surface area contributed by atoms with E-state index in [9.17, 15) is 0 Å². The van der Waals surface area contributed by atoms with Gasteiger partial charge in [-0.05, 0) is 35.2 Å². The summed E-state index contributed by atoms with van der Waals surface area (Å²) in [6, 6.07) is 17.4. The van der Waals surface area contributed by atoms with Crippen molar-refractivity contribution in [3.05, 3.63) is 70.8 Å². The zero-order chi connectivity index (χ0) is 11.9. The number of aliphatic imine (C=N–C) groups is 1. The molecule has 0 radical (unpaired) electrons. The van der Waals surface area contributed by atoms with Gasteiger partial charge in [-0.2, -0.15) is 0 Å². The summed E-state index contributed by atoms with van der Waals surface area (Å²) in [5.74, 6) is 0.774. The number of nitrogens with zero attached hydrogens (tertiary/aromatic N) is 1. The molecule has 5 heterocycles. The first-order valence-electron chi connectivity index (χ1n) is 6.27. The molecule has 0 N–H and O–H groups in total. The van der Waals surface area contributed by atoms with Crippen LogP contribution in [-0.4, -0.2) is 12.5 Å². The Bertz CT molecular complexity index is 611. The summed E-state index contributed by atoms with van der Waals surface area (Å²) in [6.07, 6.45) is 0.985. The van der Waals surface area contributed by atoms with E-state index >= 15 is 0 Å². The van der Waals surface area contributed by atoms with E-state index in [0.717, 1.165) is 17.9 Å². The zero-order valence-corrected chi connectivity index (χ0v) is 9.97. The summed E-state index contributed by atoms with van der Waals surface area (Å²) in [6.45, 7) is 0.649. The smallest absolute Gasteiger partial charge is 0.216 e. The minimum Gasteiger partial charge on any atom is -0.475 e. The van der Waals surface area contributed by atoms with Gasteiger partial charge in [0, 0.05) is 5.56 Å². The average Bonchev–Trinajstić information content (AvgIpc) is 2.89. The summed E-state index contributed by atoms with van der Waals surface area (Å²) in [7, 11) is 0. The second-order valence-corrected chi connectivity index (χ2v) is 4.88. The van der Waals surface area contributed by atoms with Gasteiger partial charge in [-0.3, -0.25) is 0 Å². The first-order chi connectivity index (χ1) is 8.88. The zero-order valence-electron chi connectivity index (χ0n) is 9.97. The Morgan fingerprint density at radius 3 is 2.28 bits per heavy atom. The molecule has 0 amide bonds. The van der Waals surface area contributed by atoms with Crippen molar-refractivity contribution in [3.63, 3.8) is 0 Å². The third kappa shape index (κ3) is 1.53. The Hall–Kier alpha value is -2.09. The van der Waals surface area contributed by atoms with Crippen molar-refractivity contribution in [2.24, 2.45) is 4.99 Å². The molecule has 0 spiro atoms. The molecule has 0 fully saturated rings. The van der Waals surface area contributed by atoms with Gasteiger partial charge in [0.1, 0.15) is 12.6 Å². The largest absolute Gasteiger partial charge is 0.475 e. The summed E-state index contributed by atoms with van der Waals surface area (Å²) in [5.41, 5.74) is 4.98. The Kier molecular flexibility index (Phi) is 2.04. The molecule has 18 heavy (non-hydrogen) atoms. The lowest BCUT2D eigenvalue weighted by Gasteiger charge is -2.08. The Morgan fingerprint density at radius 1 is 0.889 bits per heavy atom. The summed E-state index contributed by atoms with van der Waals surface area (Å²) in [5, 5.41) is 0. The number of ether oxygens (including phenoxy) is 1. The van der Waals surface area contributed by atoms with Crippen LogP contribution in [0.1, 0.15) is 28.3 Å². The molecule has 88 valence electrons. The average molecular weight is 235 g/mol. The lowest BCUT2D eigenvalue weighted by atomic mass is 10.00. The Labute approximate surface area is 106 Å². The molecule has 2 aromatic carbocycles. The molecule has 7 rings (SSSR count). The van der Waals surface area contributed by atoms with E-state index in [2.05, 4.69) is 53.5 Å². The van der Waals surface area contributed by atoms with Crippen LogP contribution in [0.25, 0.3) is 0 Å². The van der Waals surface area contributed by atoms with Crippen LogP contribution in [0.4, 0.5) is 0 Å². The van der Waals surface area contributed by atoms with Crippen LogP contribution in [-0.2, 0) is 11.2 Å². The number of hydrogen-bond donors (Lipinski definition) is 0. The van der Waals surface area contributed by atoms with Gasteiger partial charge >= 0.3 is 0 Å². The van der Waals surface area contributed by atoms with E-state index < -0.39 is 0 Å². The number of hydrogen-bond acceptors (Lipinski definition) is 2.